The third-order valence-electron chi connectivity index (χ3n) is 4.06. The van der Waals surface area contributed by atoms with E-state index in [2.05, 4.69) is 29.1 Å². The highest BCUT2D eigenvalue weighted by atomic mass is 16.2. The van der Waals surface area contributed by atoms with Crippen molar-refractivity contribution in [3.05, 3.63) is 0 Å². The monoisotopic (exact) mass is 268 g/mol. The SMILES string of the molecule is CCN(C(=O)CN(C)CCN1CCNCC1)C1CC1. The van der Waals surface area contributed by atoms with Crippen LogP contribution >= 0.6 is 0 Å². The second kappa shape index (κ2) is 7.22. The Bertz CT molecular complexity index is 287. The van der Waals surface area contributed by atoms with Crippen molar-refractivity contribution in [2.45, 2.75) is 25.8 Å². The molecule has 1 N–H and O–H groups in total. The third kappa shape index (κ3) is 4.75. The molecule has 1 amide bonds. The quantitative estimate of drug-likeness (QED) is 0.696. The van der Waals surface area contributed by atoms with E-state index in [1.165, 1.54) is 12.8 Å². The number of carbonyl (C=O) groups excluding carboxylic acids is 1. The van der Waals surface area contributed by atoms with Gasteiger partial charge < -0.3 is 10.2 Å². The average molecular weight is 268 g/mol. The maximum atomic E-state index is 12.2. The summed E-state index contributed by atoms with van der Waals surface area (Å²) in [6.45, 7) is 10.00. The molecule has 0 radical (unpaired) electrons. The van der Waals surface area contributed by atoms with E-state index in [-0.39, 0.29) is 0 Å². The number of nitrogens with zero attached hydrogens (tertiary/aromatic N) is 3. The summed E-state index contributed by atoms with van der Waals surface area (Å²) in [5.74, 6) is 0.299. The number of nitrogens with one attached hydrogen (secondary N) is 1. The Hall–Kier alpha value is -0.650. The molecule has 0 spiro atoms. The van der Waals surface area contributed by atoms with E-state index in [4.69, 9.17) is 0 Å². The molecule has 0 aromatic rings. The summed E-state index contributed by atoms with van der Waals surface area (Å²) >= 11 is 0. The van der Waals surface area contributed by atoms with Crippen LogP contribution in [0.4, 0.5) is 0 Å². The molecule has 0 aromatic carbocycles. The van der Waals surface area contributed by atoms with Gasteiger partial charge in [0.25, 0.3) is 0 Å². The van der Waals surface area contributed by atoms with E-state index in [1.54, 1.807) is 0 Å². The van der Waals surface area contributed by atoms with Crippen LogP contribution in [-0.2, 0) is 4.79 Å². The van der Waals surface area contributed by atoms with Gasteiger partial charge in [-0.15, -0.1) is 0 Å². The zero-order chi connectivity index (χ0) is 13.7. The van der Waals surface area contributed by atoms with Crippen LogP contribution in [0.15, 0.2) is 0 Å². The highest BCUT2D eigenvalue weighted by Gasteiger charge is 2.31. The van der Waals surface area contributed by atoms with Crippen molar-refractivity contribution < 1.29 is 4.79 Å². The maximum absolute atomic E-state index is 12.2. The Kier molecular flexibility index (Phi) is 5.60. The second-order valence-electron chi connectivity index (χ2n) is 5.74. The average Bonchev–Trinajstić information content (AvgIpc) is 3.23. The molecule has 1 aliphatic heterocycles. The fraction of sp³-hybridized carbons (Fsp3) is 0.929. The number of piperazine rings is 1. The lowest BCUT2D eigenvalue weighted by Gasteiger charge is -2.29. The molecule has 0 atom stereocenters. The largest absolute Gasteiger partial charge is 0.339 e. The standard InChI is InChI=1S/C14H28N4O/c1-3-18(13-4-5-13)14(19)12-16(2)10-11-17-8-6-15-7-9-17/h13,15H,3-12H2,1-2H3. The van der Waals surface area contributed by atoms with E-state index in [1.807, 2.05) is 4.90 Å². The first-order chi connectivity index (χ1) is 9.20. The zero-order valence-electron chi connectivity index (χ0n) is 12.4. The number of likely N-dealkylation sites (N-methyl/N-ethyl adjacent to an activating group) is 2. The number of carbonyl (C=O) groups is 1. The molecule has 1 aliphatic carbocycles. The van der Waals surface area contributed by atoms with Crippen LogP contribution < -0.4 is 5.32 Å². The normalized spacial score (nSPS) is 20.8. The van der Waals surface area contributed by atoms with Gasteiger partial charge in [-0.05, 0) is 26.8 Å². The molecule has 110 valence electrons. The minimum Gasteiger partial charge on any atom is -0.339 e. The molecule has 2 fully saturated rings. The van der Waals surface area contributed by atoms with Gasteiger partial charge in [0.2, 0.25) is 5.91 Å². The van der Waals surface area contributed by atoms with Crippen LogP contribution in [0.5, 0.6) is 0 Å². The van der Waals surface area contributed by atoms with Crippen LogP contribution in [0.2, 0.25) is 0 Å². The highest BCUT2D eigenvalue weighted by molar-refractivity contribution is 5.78. The van der Waals surface area contributed by atoms with E-state index < -0.39 is 0 Å². The van der Waals surface area contributed by atoms with E-state index >= 15 is 0 Å². The highest BCUT2D eigenvalue weighted by Crippen LogP contribution is 2.26. The predicted octanol–water partition coefficient (Wildman–Crippen LogP) is -0.166. The molecule has 0 bridgehead atoms. The van der Waals surface area contributed by atoms with Gasteiger partial charge in [-0.25, -0.2) is 0 Å². The van der Waals surface area contributed by atoms with Gasteiger partial charge in [-0.2, -0.15) is 0 Å². The van der Waals surface area contributed by atoms with Gasteiger partial charge in [0.1, 0.15) is 0 Å². The van der Waals surface area contributed by atoms with Crippen LogP contribution in [0, 0.1) is 0 Å². The first kappa shape index (κ1) is 14.8. The van der Waals surface area contributed by atoms with Crippen molar-refractivity contribution in [2.24, 2.45) is 0 Å². The minimum absolute atomic E-state index is 0.299. The van der Waals surface area contributed by atoms with Gasteiger partial charge in [0.15, 0.2) is 0 Å². The summed E-state index contributed by atoms with van der Waals surface area (Å²) in [7, 11) is 2.06. The number of hydrogen-bond acceptors (Lipinski definition) is 4. The molecule has 2 rings (SSSR count). The Balaban J connectivity index is 1.65. The summed E-state index contributed by atoms with van der Waals surface area (Å²) in [6.07, 6.45) is 2.40. The van der Waals surface area contributed by atoms with Crippen LogP contribution in [0.3, 0.4) is 0 Å². The first-order valence-electron chi connectivity index (χ1n) is 7.61. The Morgan fingerprint density at radius 1 is 1.32 bits per heavy atom. The number of hydrogen-bond donors (Lipinski definition) is 1. The Morgan fingerprint density at radius 3 is 2.58 bits per heavy atom. The lowest BCUT2D eigenvalue weighted by atomic mass is 10.3. The second-order valence-corrected chi connectivity index (χ2v) is 5.74. The van der Waals surface area contributed by atoms with Crippen molar-refractivity contribution in [1.82, 2.24) is 20.0 Å². The van der Waals surface area contributed by atoms with Gasteiger partial charge >= 0.3 is 0 Å². The van der Waals surface area contributed by atoms with Crippen molar-refractivity contribution >= 4 is 5.91 Å². The summed E-state index contributed by atoms with van der Waals surface area (Å²) in [4.78, 5) is 18.9. The smallest absolute Gasteiger partial charge is 0.236 e. The first-order valence-corrected chi connectivity index (χ1v) is 7.61. The lowest BCUT2D eigenvalue weighted by molar-refractivity contribution is -0.132. The Morgan fingerprint density at radius 2 is 2.00 bits per heavy atom. The minimum atomic E-state index is 0.299. The fourth-order valence-electron chi connectivity index (χ4n) is 2.67. The third-order valence-corrected chi connectivity index (χ3v) is 4.06. The molecular formula is C14H28N4O. The van der Waals surface area contributed by atoms with Gasteiger partial charge in [0.05, 0.1) is 6.54 Å². The molecule has 0 aromatic heterocycles. The number of rotatable bonds is 7. The van der Waals surface area contributed by atoms with Gasteiger partial charge in [-0.3, -0.25) is 14.6 Å². The van der Waals surface area contributed by atoms with Crippen molar-refractivity contribution in [2.75, 3.05) is 59.4 Å². The van der Waals surface area contributed by atoms with Gasteiger partial charge in [0, 0.05) is 51.9 Å². The van der Waals surface area contributed by atoms with Crippen LogP contribution in [0.1, 0.15) is 19.8 Å². The summed E-state index contributed by atoms with van der Waals surface area (Å²) < 4.78 is 0. The van der Waals surface area contributed by atoms with Crippen LogP contribution in [-0.4, -0.2) is 86.1 Å². The molecule has 1 heterocycles. The molecule has 5 heteroatoms. The molecule has 2 aliphatic rings. The maximum Gasteiger partial charge on any atom is 0.236 e. The van der Waals surface area contributed by atoms with E-state index in [0.717, 1.165) is 45.8 Å². The molecule has 1 saturated carbocycles. The lowest BCUT2D eigenvalue weighted by Crippen LogP contribution is -2.47. The Labute approximate surface area is 116 Å². The van der Waals surface area contributed by atoms with E-state index in [9.17, 15) is 4.79 Å². The topological polar surface area (TPSA) is 38.8 Å². The summed E-state index contributed by atoms with van der Waals surface area (Å²) in [5, 5.41) is 3.36. The van der Waals surface area contributed by atoms with Crippen molar-refractivity contribution in [3.63, 3.8) is 0 Å². The van der Waals surface area contributed by atoms with Gasteiger partial charge in [-0.1, -0.05) is 0 Å². The molecule has 19 heavy (non-hydrogen) atoms. The number of amides is 1. The van der Waals surface area contributed by atoms with Crippen LogP contribution in [0.25, 0.3) is 0 Å². The zero-order valence-corrected chi connectivity index (χ0v) is 12.4. The van der Waals surface area contributed by atoms with E-state index in [0.29, 0.717) is 18.5 Å². The molecule has 5 nitrogen and oxygen atoms in total. The molecular weight excluding hydrogens is 240 g/mol. The molecule has 1 saturated heterocycles. The molecule has 0 unspecified atom stereocenters. The van der Waals surface area contributed by atoms with Crippen molar-refractivity contribution in [1.29, 1.82) is 0 Å². The summed E-state index contributed by atoms with van der Waals surface area (Å²) in [5.41, 5.74) is 0. The van der Waals surface area contributed by atoms with Crippen molar-refractivity contribution in [3.8, 4) is 0 Å². The fourth-order valence-corrected chi connectivity index (χ4v) is 2.67. The predicted molar refractivity (Wildman–Crippen MR) is 77.2 cm³/mol. The summed E-state index contributed by atoms with van der Waals surface area (Å²) in [6, 6.07) is 0.541.